The van der Waals surface area contributed by atoms with Crippen molar-refractivity contribution in [3.63, 3.8) is 0 Å². The van der Waals surface area contributed by atoms with Crippen LogP contribution in [0.5, 0.6) is 11.5 Å². The quantitative estimate of drug-likeness (QED) is 0.459. The smallest absolute Gasteiger partial charge is 0.340 e. The SMILES string of the molecule is COc1cc(NC(=O)c2cccs2)c(C(=O)OCC(=O)N[C@H](C)c2ccccc2)cc1OC. The second kappa shape index (κ2) is 11.1. The van der Waals surface area contributed by atoms with Crippen molar-refractivity contribution in [3.8, 4) is 11.5 Å². The first-order valence-electron chi connectivity index (χ1n) is 10.0. The number of hydrogen-bond acceptors (Lipinski definition) is 7. The van der Waals surface area contributed by atoms with Crippen molar-refractivity contribution in [2.45, 2.75) is 13.0 Å². The second-order valence-corrected chi connectivity index (χ2v) is 7.91. The van der Waals surface area contributed by atoms with Gasteiger partial charge in [0.2, 0.25) is 0 Å². The van der Waals surface area contributed by atoms with E-state index in [1.807, 2.05) is 37.3 Å². The molecule has 172 valence electrons. The number of rotatable bonds is 9. The minimum atomic E-state index is -0.792. The average molecular weight is 469 g/mol. The molecule has 33 heavy (non-hydrogen) atoms. The predicted octanol–water partition coefficient (Wildman–Crippen LogP) is 4.05. The maximum absolute atomic E-state index is 12.8. The lowest BCUT2D eigenvalue weighted by molar-refractivity contribution is -0.124. The van der Waals surface area contributed by atoms with E-state index in [2.05, 4.69) is 10.6 Å². The molecular weight excluding hydrogens is 444 g/mol. The maximum atomic E-state index is 12.8. The first-order chi connectivity index (χ1) is 15.9. The number of ether oxygens (including phenoxy) is 3. The van der Waals surface area contributed by atoms with E-state index in [1.54, 1.807) is 17.5 Å². The molecular formula is C24H24N2O6S. The van der Waals surface area contributed by atoms with Crippen molar-refractivity contribution in [1.29, 1.82) is 0 Å². The average Bonchev–Trinajstić information content (AvgIpc) is 3.38. The van der Waals surface area contributed by atoms with E-state index in [9.17, 15) is 14.4 Å². The molecule has 0 saturated carbocycles. The Morgan fingerprint density at radius 3 is 2.30 bits per heavy atom. The number of anilines is 1. The van der Waals surface area contributed by atoms with E-state index in [0.717, 1.165) is 5.56 Å². The van der Waals surface area contributed by atoms with Crippen molar-refractivity contribution >= 4 is 34.8 Å². The summed E-state index contributed by atoms with van der Waals surface area (Å²) in [5, 5.41) is 7.25. The van der Waals surface area contributed by atoms with Gasteiger partial charge in [-0.25, -0.2) is 4.79 Å². The number of carbonyl (C=O) groups excluding carboxylic acids is 3. The normalized spacial score (nSPS) is 11.2. The highest BCUT2D eigenvalue weighted by molar-refractivity contribution is 7.12. The van der Waals surface area contributed by atoms with Crippen molar-refractivity contribution in [3.05, 3.63) is 76.0 Å². The van der Waals surface area contributed by atoms with Gasteiger partial charge in [0.15, 0.2) is 18.1 Å². The Hall–Kier alpha value is -3.85. The third-order valence-corrected chi connectivity index (χ3v) is 5.62. The number of nitrogens with one attached hydrogen (secondary N) is 2. The van der Waals surface area contributed by atoms with Crippen LogP contribution < -0.4 is 20.1 Å². The first kappa shape index (κ1) is 23.8. The van der Waals surface area contributed by atoms with Crippen LogP contribution in [-0.2, 0) is 9.53 Å². The molecule has 0 aliphatic carbocycles. The number of hydrogen-bond donors (Lipinski definition) is 2. The van der Waals surface area contributed by atoms with Gasteiger partial charge in [-0.2, -0.15) is 0 Å². The zero-order valence-corrected chi connectivity index (χ0v) is 19.2. The topological polar surface area (TPSA) is 103 Å². The van der Waals surface area contributed by atoms with Gasteiger partial charge in [-0.1, -0.05) is 36.4 Å². The van der Waals surface area contributed by atoms with Crippen LogP contribution in [0, 0.1) is 0 Å². The number of benzene rings is 2. The molecule has 0 spiro atoms. The van der Waals surface area contributed by atoms with Crippen LogP contribution in [0.3, 0.4) is 0 Å². The molecule has 0 bridgehead atoms. The van der Waals surface area contributed by atoms with Crippen molar-refractivity contribution in [2.24, 2.45) is 0 Å². The highest BCUT2D eigenvalue weighted by Gasteiger charge is 2.21. The van der Waals surface area contributed by atoms with Gasteiger partial charge in [-0.3, -0.25) is 9.59 Å². The number of thiophene rings is 1. The largest absolute Gasteiger partial charge is 0.493 e. The number of methoxy groups -OCH3 is 2. The summed E-state index contributed by atoms with van der Waals surface area (Å²) in [5.41, 5.74) is 1.13. The fourth-order valence-corrected chi connectivity index (χ4v) is 3.68. The van der Waals surface area contributed by atoms with E-state index in [-0.39, 0.29) is 28.9 Å². The molecule has 9 heteroatoms. The molecule has 3 aromatic rings. The van der Waals surface area contributed by atoms with Crippen LogP contribution in [0.4, 0.5) is 5.69 Å². The van der Waals surface area contributed by atoms with Gasteiger partial charge < -0.3 is 24.8 Å². The summed E-state index contributed by atoms with van der Waals surface area (Å²) < 4.78 is 15.8. The molecule has 1 atom stereocenters. The van der Waals surface area contributed by atoms with Gasteiger partial charge in [0.1, 0.15) is 0 Å². The minimum absolute atomic E-state index is 0.0291. The molecule has 0 aliphatic rings. The van der Waals surface area contributed by atoms with E-state index >= 15 is 0 Å². The lowest BCUT2D eigenvalue weighted by Crippen LogP contribution is -2.31. The Labute approximate surface area is 195 Å². The predicted molar refractivity (Wildman–Crippen MR) is 125 cm³/mol. The van der Waals surface area contributed by atoms with Crippen molar-refractivity contribution < 1.29 is 28.6 Å². The van der Waals surface area contributed by atoms with Gasteiger partial charge in [0.25, 0.3) is 11.8 Å². The van der Waals surface area contributed by atoms with E-state index < -0.39 is 18.5 Å². The Morgan fingerprint density at radius 1 is 0.970 bits per heavy atom. The van der Waals surface area contributed by atoms with Crippen LogP contribution >= 0.6 is 11.3 Å². The van der Waals surface area contributed by atoms with E-state index in [0.29, 0.717) is 10.6 Å². The van der Waals surface area contributed by atoms with Gasteiger partial charge in [0, 0.05) is 12.1 Å². The first-order valence-corrected chi connectivity index (χ1v) is 10.9. The minimum Gasteiger partial charge on any atom is -0.493 e. The number of esters is 1. The van der Waals surface area contributed by atoms with Crippen LogP contribution in [0.1, 0.15) is 38.6 Å². The molecule has 0 aliphatic heterocycles. The molecule has 1 heterocycles. The molecule has 2 aromatic carbocycles. The Morgan fingerprint density at radius 2 is 1.67 bits per heavy atom. The summed E-state index contributed by atoms with van der Waals surface area (Å²) in [6.07, 6.45) is 0. The second-order valence-electron chi connectivity index (χ2n) is 6.96. The molecule has 1 aromatic heterocycles. The van der Waals surface area contributed by atoms with Gasteiger partial charge in [-0.15, -0.1) is 11.3 Å². The third kappa shape index (κ3) is 6.11. The monoisotopic (exact) mass is 468 g/mol. The fraction of sp³-hybridized carbons (Fsp3) is 0.208. The van der Waals surface area contributed by atoms with Gasteiger partial charge in [-0.05, 0) is 23.9 Å². The van der Waals surface area contributed by atoms with Gasteiger partial charge >= 0.3 is 5.97 Å². The van der Waals surface area contributed by atoms with E-state index in [4.69, 9.17) is 14.2 Å². The number of amides is 2. The summed E-state index contributed by atoms with van der Waals surface area (Å²) in [6.45, 7) is 1.35. The standard InChI is InChI=1S/C24H24N2O6S/c1-15(16-8-5-4-6-9-16)25-22(27)14-32-24(29)17-12-19(30-2)20(31-3)13-18(17)26-23(28)21-10-7-11-33-21/h4-13,15H,14H2,1-3H3,(H,25,27)(H,26,28)/t15-/m1/s1. The molecule has 0 unspecified atom stereocenters. The zero-order chi connectivity index (χ0) is 23.8. The Bertz CT molecular complexity index is 1120. The summed E-state index contributed by atoms with van der Waals surface area (Å²) in [4.78, 5) is 38.1. The third-order valence-electron chi connectivity index (χ3n) is 4.75. The highest BCUT2D eigenvalue weighted by atomic mass is 32.1. The van der Waals surface area contributed by atoms with Crippen LogP contribution in [-0.4, -0.2) is 38.6 Å². The summed E-state index contributed by atoms with van der Waals surface area (Å²) >= 11 is 1.26. The van der Waals surface area contributed by atoms with Crippen LogP contribution in [0.2, 0.25) is 0 Å². The molecule has 3 rings (SSSR count). The highest BCUT2D eigenvalue weighted by Crippen LogP contribution is 2.34. The summed E-state index contributed by atoms with van der Waals surface area (Å²) in [6, 6.07) is 15.5. The molecule has 0 radical (unpaired) electrons. The summed E-state index contributed by atoms with van der Waals surface area (Å²) in [5.74, 6) is -1.03. The molecule has 2 N–H and O–H groups in total. The maximum Gasteiger partial charge on any atom is 0.340 e. The zero-order valence-electron chi connectivity index (χ0n) is 18.4. The summed E-state index contributed by atoms with van der Waals surface area (Å²) in [7, 11) is 2.87. The van der Waals surface area contributed by atoms with E-state index in [1.165, 1.54) is 37.7 Å². The molecule has 0 saturated heterocycles. The molecule has 0 fully saturated rings. The van der Waals surface area contributed by atoms with Crippen LogP contribution in [0.25, 0.3) is 0 Å². The Kier molecular flexibility index (Phi) is 8.04. The lowest BCUT2D eigenvalue weighted by atomic mass is 10.1. The van der Waals surface area contributed by atoms with Crippen molar-refractivity contribution in [1.82, 2.24) is 5.32 Å². The Balaban J connectivity index is 1.73. The van der Waals surface area contributed by atoms with Gasteiger partial charge in [0.05, 0.1) is 36.4 Å². The van der Waals surface area contributed by atoms with Crippen molar-refractivity contribution in [2.75, 3.05) is 26.1 Å². The number of carbonyl (C=O) groups is 3. The fourth-order valence-electron chi connectivity index (χ4n) is 3.06. The molecule has 2 amide bonds. The molecule has 8 nitrogen and oxygen atoms in total. The van der Waals surface area contributed by atoms with Crippen LogP contribution in [0.15, 0.2) is 60.0 Å². The lowest BCUT2D eigenvalue weighted by Gasteiger charge is -2.16.